The van der Waals surface area contributed by atoms with Gasteiger partial charge >= 0.3 is 0 Å². The van der Waals surface area contributed by atoms with E-state index in [0.717, 1.165) is 41.6 Å². The van der Waals surface area contributed by atoms with Gasteiger partial charge < -0.3 is 10.6 Å². The summed E-state index contributed by atoms with van der Waals surface area (Å²) in [6, 6.07) is 9.42. The van der Waals surface area contributed by atoms with Crippen molar-refractivity contribution in [3.63, 3.8) is 0 Å². The van der Waals surface area contributed by atoms with Gasteiger partial charge in [0.25, 0.3) is 0 Å². The van der Waals surface area contributed by atoms with E-state index >= 15 is 0 Å². The lowest BCUT2D eigenvalue weighted by Crippen LogP contribution is -2.20. The minimum Gasteiger partial charge on any atom is -0.325 e. The van der Waals surface area contributed by atoms with Crippen LogP contribution in [0.1, 0.15) is 28.6 Å². The molecular formula is C23H22N8S. The number of pyridine rings is 1. The smallest absolute Gasteiger partial charge is 0.180 e. The van der Waals surface area contributed by atoms with Crippen LogP contribution in [-0.2, 0) is 6.42 Å². The molecule has 1 aliphatic heterocycles. The fourth-order valence-corrected chi connectivity index (χ4v) is 4.25. The topological polar surface area (TPSA) is 101 Å². The molecule has 0 aliphatic carbocycles. The highest BCUT2D eigenvalue weighted by atomic mass is 32.1. The van der Waals surface area contributed by atoms with Gasteiger partial charge in [-0.05, 0) is 49.7 Å². The molecule has 0 unspecified atom stereocenters. The molecular weight excluding hydrogens is 420 g/mol. The molecule has 0 radical (unpaired) electrons. The maximum Gasteiger partial charge on any atom is 0.180 e. The Kier molecular flexibility index (Phi) is 5.91. The van der Waals surface area contributed by atoms with Crippen molar-refractivity contribution in [2.75, 3.05) is 18.4 Å². The molecule has 4 aromatic rings. The summed E-state index contributed by atoms with van der Waals surface area (Å²) in [6.07, 6.45) is 7.28. The first-order chi connectivity index (χ1) is 15.7. The van der Waals surface area contributed by atoms with Crippen LogP contribution in [0.4, 0.5) is 11.6 Å². The Morgan fingerprint density at radius 2 is 1.84 bits per heavy atom. The number of thiazole rings is 1. The van der Waals surface area contributed by atoms with Crippen LogP contribution >= 0.6 is 11.3 Å². The quantitative estimate of drug-likeness (QED) is 0.465. The highest BCUT2D eigenvalue weighted by Gasteiger charge is 2.12. The van der Waals surface area contributed by atoms with E-state index in [2.05, 4.69) is 47.0 Å². The van der Waals surface area contributed by atoms with Crippen LogP contribution in [0.25, 0.3) is 17.1 Å². The number of anilines is 2. The molecule has 0 atom stereocenters. The summed E-state index contributed by atoms with van der Waals surface area (Å²) in [5.41, 5.74) is 4.04. The highest BCUT2D eigenvalue weighted by molar-refractivity contribution is 7.09. The molecule has 5 heterocycles. The lowest BCUT2D eigenvalue weighted by atomic mass is 10.1. The van der Waals surface area contributed by atoms with E-state index in [0.29, 0.717) is 29.7 Å². The highest BCUT2D eigenvalue weighted by Crippen LogP contribution is 2.23. The minimum absolute atomic E-state index is 0.565. The Bertz CT molecular complexity index is 1270. The van der Waals surface area contributed by atoms with Gasteiger partial charge in [0.1, 0.15) is 28.2 Å². The van der Waals surface area contributed by atoms with Crippen LogP contribution < -0.4 is 10.6 Å². The third kappa shape index (κ3) is 4.84. The Morgan fingerprint density at radius 1 is 0.969 bits per heavy atom. The molecule has 4 aromatic heterocycles. The van der Waals surface area contributed by atoms with Gasteiger partial charge in [0.2, 0.25) is 0 Å². The lowest BCUT2D eigenvalue weighted by molar-refractivity contribution is 0.737. The number of nitrogens with zero attached hydrogens (tertiary/aromatic N) is 6. The number of hydrogen-bond acceptors (Lipinski definition) is 9. The molecule has 0 saturated heterocycles. The monoisotopic (exact) mass is 442 g/mol. The second kappa shape index (κ2) is 9.29. The summed E-state index contributed by atoms with van der Waals surface area (Å²) in [5, 5.41) is 9.71. The van der Waals surface area contributed by atoms with Crippen LogP contribution in [0.15, 0.2) is 54.2 Å². The van der Waals surface area contributed by atoms with Crippen molar-refractivity contribution >= 4 is 28.5 Å². The molecule has 2 N–H and O–H groups in total. The van der Waals surface area contributed by atoms with E-state index in [9.17, 15) is 0 Å². The standard InChI is InChI=1S/C23H22N8S/c1-15-3-2-4-17(27-15)23-26-12-8-20(31-23)29-19-7-11-25-21(30-19)13-22-28-18(14-32-22)16-5-9-24-10-6-16/h2-5,7-8,11-12,14,24H,6,9-10,13H2,1H3,(H,25,26,29,30,31). The molecule has 8 nitrogen and oxygen atoms in total. The zero-order chi connectivity index (χ0) is 21.8. The largest absolute Gasteiger partial charge is 0.325 e. The Morgan fingerprint density at radius 3 is 2.69 bits per heavy atom. The summed E-state index contributed by atoms with van der Waals surface area (Å²) in [7, 11) is 0. The lowest BCUT2D eigenvalue weighted by Gasteiger charge is -2.11. The van der Waals surface area contributed by atoms with Crippen LogP contribution in [0.3, 0.4) is 0 Å². The van der Waals surface area contributed by atoms with Crippen molar-refractivity contribution in [1.82, 2.24) is 35.2 Å². The van der Waals surface area contributed by atoms with E-state index in [4.69, 9.17) is 4.98 Å². The van der Waals surface area contributed by atoms with Gasteiger partial charge in [-0.25, -0.2) is 29.9 Å². The second-order valence-electron chi connectivity index (χ2n) is 7.40. The van der Waals surface area contributed by atoms with Crippen LogP contribution in [0.5, 0.6) is 0 Å². The maximum absolute atomic E-state index is 4.79. The average molecular weight is 443 g/mol. The zero-order valence-electron chi connectivity index (χ0n) is 17.6. The Labute approximate surface area is 190 Å². The maximum atomic E-state index is 4.79. The van der Waals surface area contributed by atoms with Gasteiger partial charge in [-0.3, -0.25) is 0 Å². The molecule has 0 fully saturated rings. The first kappa shape index (κ1) is 20.3. The molecule has 1 aliphatic rings. The van der Waals surface area contributed by atoms with Gasteiger partial charge in [-0.1, -0.05) is 12.1 Å². The normalized spacial score (nSPS) is 13.6. The minimum atomic E-state index is 0.565. The molecule has 0 bridgehead atoms. The summed E-state index contributed by atoms with van der Waals surface area (Å²) >= 11 is 1.65. The predicted molar refractivity (Wildman–Crippen MR) is 126 cm³/mol. The molecule has 0 saturated carbocycles. The van der Waals surface area contributed by atoms with E-state index in [1.165, 1.54) is 5.57 Å². The summed E-state index contributed by atoms with van der Waals surface area (Å²) in [6.45, 7) is 3.85. The Balaban J connectivity index is 1.30. The predicted octanol–water partition coefficient (Wildman–Crippen LogP) is 3.80. The van der Waals surface area contributed by atoms with Crippen molar-refractivity contribution in [1.29, 1.82) is 0 Å². The summed E-state index contributed by atoms with van der Waals surface area (Å²) in [5.74, 6) is 2.60. The fraction of sp³-hybridized carbons (Fsp3) is 0.217. The van der Waals surface area contributed by atoms with Gasteiger partial charge in [-0.15, -0.1) is 11.3 Å². The second-order valence-corrected chi connectivity index (χ2v) is 8.34. The van der Waals surface area contributed by atoms with E-state index < -0.39 is 0 Å². The first-order valence-corrected chi connectivity index (χ1v) is 11.3. The van der Waals surface area contributed by atoms with Crippen molar-refractivity contribution in [2.24, 2.45) is 0 Å². The van der Waals surface area contributed by atoms with Gasteiger partial charge in [0.15, 0.2) is 5.82 Å². The van der Waals surface area contributed by atoms with Gasteiger partial charge in [0, 0.05) is 30.0 Å². The van der Waals surface area contributed by atoms with Crippen LogP contribution in [0.2, 0.25) is 0 Å². The van der Waals surface area contributed by atoms with E-state index in [-0.39, 0.29) is 0 Å². The number of aromatic nitrogens is 6. The molecule has 160 valence electrons. The molecule has 32 heavy (non-hydrogen) atoms. The SMILES string of the molecule is Cc1cccc(-c2nccc(Nc3ccnc(Cc4nc(C5=CCNCC5)cs4)n3)n2)n1. The van der Waals surface area contributed by atoms with Crippen molar-refractivity contribution in [3.8, 4) is 11.5 Å². The molecule has 9 heteroatoms. The van der Waals surface area contributed by atoms with Crippen molar-refractivity contribution < 1.29 is 0 Å². The van der Waals surface area contributed by atoms with E-state index in [1.54, 1.807) is 29.8 Å². The zero-order valence-corrected chi connectivity index (χ0v) is 18.4. The molecule has 0 amide bonds. The van der Waals surface area contributed by atoms with Crippen LogP contribution in [-0.4, -0.2) is 43.0 Å². The number of aryl methyl sites for hydroxylation is 1. The Hall–Kier alpha value is -3.56. The van der Waals surface area contributed by atoms with Crippen molar-refractivity contribution in [2.45, 2.75) is 19.8 Å². The first-order valence-electron chi connectivity index (χ1n) is 10.4. The van der Waals surface area contributed by atoms with Gasteiger partial charge in [-0.2, -0.15) is 0 Å². The number of rotatable bonds is 6. The summed E-state index contributed by atoms with van der Waals surface area (Å²) in [4.78, 5) is 27.3. The number of hydrogen-bond donors (Lipinski definition) is 2. The summed E-state index contributed by atoms with van der Waals surface area (Å²) < 4.78 is 0. The number of nitrogens with one attached hydrogen (secondary N) is 2. The third-order valence-corrected chi connectivity index (χ3v) is 5.84. The van der Waals surface area contributed by atoms with Crippen LogP contribution in [0, 0.1) is 6.92 Å². The third-order valence-electron chi connectivity index (χ3n) is 4.99. The van der Waals surface area contributed by atoms with Crippen molar-refractivity contribution in [3.05, 3.63) is 76.4 Å². The molecule has 0 aromatic carbocycles. The van der Waals surface area contributed by atoms with E-state index in [1.807, 2.05) is 31.2 Å². The van der Waals surface area contributed by atoms with Gasteiger partial charge in [0.05, 0.1) is 12.1 Å². The fourth-order valence-electron chi connectivity index (χ4n) is 3.43. The molecule has 0 spiro atoms. The molecule has 5 rings (SSSR count). The average Bonchev–Trinajstić information content (AvgIpc) is 3.29.